The molecule has 4 aliphatic rings. The van der Waals surface area contributed by atoms with E-state index in [9.17, 15) is 30.6 Å². The van der Waals surface area contributed by atoms with Crippen LogP contribution in [0.4, 0.5) is 17.5 Å². The molecule has 33 nitrogen and oxygen atoms in total. The molecule has 1 aromatic carbocycles. The zero-order chi connectivity index (χ0) is 70.4. The highest BCUT2D eigenvalue weighted by molar-refractivity contribution is 7.99. The maximum Gasteiger partial charge on any atom is 0.191 e. The van der Waals surface area contributed by atoms with Crippen molar-refractivity contribution in [1.82, 2.24) is 120 Å². The molecule has 0 unspecified atom stereocenters. The quantitative estimate of drug-likeness (QED) is 0.0152. The molecule has 4 saturated carbocycles. The molecule has 14 atom stereocenters. The van der Waals surface area contributed by atoms with Gasteiger partial charge in [-0.25, -0.2) is 58.9 Å². The molecule has 4 aliphatic carbocycles. The first kappa shape index (κ1) is 71.4. The number of aromatic amines is 3. The highest BCUT2D eigenvalue weighted by Gasteiger charge is 2.49. The average Bonchev–Trinajstić information content (AvgIpc) is 1.62. The Balaban J connectivity index is 0.000000136. The van der Waals surface area contributed by atoms with Gasteiger partial charge in [-0.3, -0.25) is 15.3 Å². The van der Waals surface area contributed by atoms with E-state index < -0.39 is 72.5 Å². The Labute approximate surface area is 597 Å². The highest BCUT2D eigenvalue weighted by Crippen LogP contribution is 2.46. The standard InChI is InChI=1S/C24H29N9O2S.C21H27N9O2S2.C19H29N9O2S/c1-3-9-36-24-27-22(26-16-10-14(16)13-7-5-4-6-8-13)18-23(28-24)33(32-30-18)17-11-15(19(34)20(17)35)21-25-12(2)29-31-21;1-3-8-34-21-24-19(22-7-6-12-5-4-9-33-12)15-20(25-21)30(29-27-15)14-10-13(16(31)17(14)32)18-23-11(2)26-28-18;1-4-6-7-20-17-13-18(23-19(22-17)31-8-5-2)28(27-25-13)12-9-11(14(29)15(12)30)16-21-10(3)24-26-16/h4-8,14-17,19-20,34-35H,3,9-11H2,1-2H3,(H,25,29,31)(H,26,27,28);4-5,9,13-14,16-17,31-32H,3,6-8,10H2,1-2H3,(H,22,24,25)(H,23,26,28);11-12,14-15,29-30H,4-9H2,1-3H3,(H,20,22,23)(H,21,24,26)/t14-,15-,16+,17+,19+,20-;13-,14+,16+,17-;11-,12+,14+,15-/m000/s1. The number of rotatable bonds is 26. The summed E-state index contributed by atoms with van der Waals surface area (Å²) in [5.41, 5.74) is 4.62. The number of thioether (sulfide) groups is 3. The van der Waals surface area contributed by atoms with Crippen LogP contribution in [0.3, 0.4) is 0 Å². The molecule has 37 heteroatoms. The summed E-state index contributed by atoms with van der Waals surface area (Å²) in [6.45, 7) is 15.4. The van der Waals surface area contributed by atoms with Gasteiger partial charge in [0.1, 0.15) is 35.8 Å². The molecule has 0 amide bonds. The lowest BCUT2D eigenvalue weighted by Gasteiger charge is -2.17. The van der Waals surface area contributed by atoms with E-state index in [1.165, 1.54) is 10.4 Å². The van der Waals surface area contributed by atoms with Crippen molar-refractivity contribution < 1.29 is 30.6 Å². The van der Waals surface area contributed by atoms with Crippen molar-refractivity contribution >= 4 is 97.6 Å². The maximum atomic E-state index is 11.0. The lowest BCUT2D eigenvalue weighted by molar-refractivity contribution is 0.0146. The van der Waals surface area contributed by atoms with E-state index in [4.69, 9.17) is 15.0 Å². The molecule has 0 radical (unpaired) electrons. The molecule has 4 fully saturated rings. The number of aliphatic hydroxyl groups is 6. The lowest BCUT2D eigenvalue weighted by atomic mass is 10.1. The summed E-state index contributed by atoms with van der Waals surface area (Å²) in [5, 5.41) is 126. The van der Waals surface area contributed by atoms with Crippen LogP contribution in [0.25, 0.3) is 33.5 Å². The number of anilines is 3. The molecular formula is C64H85N27O6S4. The van der Waals surface area contributed by atoms with Crippen molar-refractivity contribution in [3.63, 3.8) is 0 Å². The van der Waals surface area contributed by atoms with E-state index in [1.54, 1.807) is 81.4 Å². The second-order valence-electron chi connectivity index (χ2n) is 25.8. The molecular weight excluding hydrogens is 1370 g/mol. The van der Waals surface area contributed by atoms with E-state index in [-0.39, 0.29) is 6.04 Å². The maximum absolute atomic E-state index is 11.0. The zero-order valence-electron chi connectivity index (χ0n) is 57.0. The van der Waals surface area contributed by atoms with Gasteiger partial charge in [0.2, 0.25) is 0 Å². The van der Waals surface area contributed by atoms with Gasteiger partial charge in [0.05, 0.1) is 54.2 Å². The lowest BCUT2D eigenvalue weighted by Crippen LogP contribution is -2.29. The number of benzene rings is 1. The van der Waals surface area contributed by atoms with Crippen LogP contribution in [0.15, 0.2) is 63.3 Å². The number of thiophene rings is 1. The number of hydrogen-bond acceptors (Lipinski definition) is 31. The fourth-order valence-corrected chi connectivity index (χ4v) is 15.9. The third-order valence-corrected chi connectivity index (χ3v) is 22.5. The van der Waals surface area contributed by atoms with Crippen LogP contribution in [-0.4, -0.2) is 224 Å². The summed E-state index contributed by atoms with van der Waals surface area (Å²) in [6.07, 6.45) is 2.07. The van der Waals surface area contributed by atoms with Crippen LogP contribution in [-0.2, 0) is 6.42 Å². The third kappa shape index (κ3) is 15.7. The van der Waals surface area contributed by atoms with Crippen molar-refractivity contribution in [2.45, 2.75) is 213 Å². The van der Waals surface area contributed by atoms with Gasteiger partial charge in [-0.05, 0) is 95.6 Å². The van der Waals surface area contributed by atoms with Crippen LogP contribution < -0.4 is 16.0 Å². The Morgan fingerprint density at radius 1 is 0.465 bits per heavy atom. The highest BCUT2D eigenvalue weighted by atomic mass is 32.2. The SMILES string of the molecule is CCCCNc1nc(SCCC)nc2c1nnn2[C@@H]1C[C@H](c2n[nH]c(C)n2)[C@@H](O)[C@H]1O.CCCSc1nc(NCCc2cccs2)c2nnn([C@@H]3C[C@H](c4n[nH]c(C)n4)[C@@H](O)[C@H]3O)c2n1.CCCSc1nc(N[C@@H]2C[C@H]2c2ccccc2)c2nnn([C@@H]3C[C@H](c4n[nH]c(C)n4)[C@@H](O)[C@H]3O)c2n1. The zero-order valence-corrected chi connectivity index (χ0v) is 60.3. The monoisotopic (exact) mass is 1460 g/mol. The van der Waals surface area contributed by atoms with Gasteiger partial charge in [-0.2, -0.15) is 15.3 Å². The number of nitrogens with zero attached hydrogens (tertiary/aromatic N) is 21. The minimum Gasteiger partial charge on any atom is -0.390 e. The second kappa shape index (κ2) is 32.1. The van der Waals surface area contributed by atoms with Crippen molar-refractivity contribution in [1.29, 1.82) is 0 Å². The molecule has 11 aromatic rings. The van der Waals surface area contributed by atoms with Crippen LogP contribution in [0.2, 0.25) is 0 Å². The largest absolute Gasteiger partial charge is 0.390 e. The van der Waals surface area contributed by atoms with Crippen LogP contribution >= 0.6 is 46.6 Å². The number of nitrogens with one attached hydrogen (secondary N) is 6. The molecule has 10 heterocycles. The smallest absolute Gasteiger partial charge is 0.191 e. The number of aliphatic hydroxyl groups excluding tert-OH is 6. The van der Waals surface area contributed by atoms with Gasteiger partial charge >= 0.3 is 0 Å². The van der Waals surface area contributed by atoms with Gasteiger partial charge in [0.25, 0.3) is 0 Å². The Hall–Kier alpha value is -8.01. The molecule has 0 aliphatic heterocycles. The predicted octanol–water partition coefficient (Wildman–Crippen LogP) is 6.70. The first-order valence-electron chi connectivity index (χ1n) is 34.4. The first-order valence-corrected chi connectivity index (χ1v) is 38.3. The molecule has 15 rings (SSSR count). The molecule has 0 bridgehead atoms. The normalized spacial score (nSPS) is 24.7. The van der Waals surface area contributed by atoms with E-state index >= 15 is 0 Å². The molecule has 12 N–H and O–H groups in total. The topological polar surface area (TPSA) is 452 Å². The number of aromatic nitrogens is 24. The number of unbranched alkanes of at least 4 members (excludes halogenated alkanes) is 1. The number of hydrogen-bond donors (Lipinski definition) is 12. The molecule has 536 valence electrons. The summed E-state index contributed by atoms with van der Waals surface area (Å²) < 4.78 is 4.86. The summed E-state index contributed by atoms with van der Waals surface area (Å²) in [4.78, 5) is 42.6. The van der Waals surface area contributed by atoms with Gasteiger partial charge in [-0.15, -0.1) is 26.6 Å². The second-order valence-corrected chi connectivity index (χ2v) is 30.0. The van der Waals surface area contributed by atoms with Gasteiger partial charge < -0.3 is 46.6 Å². The Kier molecular flexibility index (Phi) is 22.7. The third-order valence-electron chi connectivity index (χ3n) is 18.4. The van der Waals surface area contributed by atoms with Crippen LogP contribution in [0.1, 0.15) is 173 Å². The van der Waals surface area contributed by atoms with Crippen molar-refractivity contribution in [3.8, 4) is 0 Å². The first-order chi connectivity index (χ1) is 49.1. The summed E-state index contributed by atoms with van der Waals surface area (Å²) in [6, 6.07) is 13.4. The fourth-order valence-electron chi connectivity index (χ4n) is 13.1. The van der Waals surface area contributed by atoms with Gasteiger partial charge in [-0.1, -0.05) is 121 Å². The number of aryl methyl sites for hydroxylation is 3. The summed E-state index contributed by atoms with van der Waals surface area (Å²) in [5.74, 6) is 7.26. The minimum absolute atomic E-state index is 0.261. The Morgan fingerprint density at radius 2 is 0.881 bits per heavy atom. The van der Waals surface area contributed by atoms with Crippen LogP contribution in [0.5, 0.6) is 0 Å². The summed E-state index contributed by atoms with van der Waals surface area (Å²) in [7, 11) is 0. The van der Waals surface area contributed by atoms with E-state index in [0.29, 0.717) is 133 Å². The minimum atomic E-state index is -1.05. The Morgan fingerprint density at radius 3 is 1.27 bits per heavy atom. The number of H-pyrrole nitrogens is 3. The van der Waals surface area contributed by atoms with Crippen molar-refractivity contribution in [2.75, 3.05) is 46.3 Å². The van der Waals surface area contributed by atoms with E-state index in [2.05, 4.69) is 171 Å². The Bertz CT molecular complexity index is 4510. The van der Waals surface area contributed by atoms with E-state index in [1.807, 2.05) is 12.1 Å². The molecule has 0 saturated heterocycles. The molecule has 101 heavy (non-hydrogen) atoms. The van der Waals surface area contributed by atoms with Gasteiger partial charge in [0.15, 0.2) is 83.9 Å². The summed E-state index contributed by atoms with van der Waals surface area (Å²) >= 11 is 6.46. The van der Waals surface area contributed by atoms with Crippen molar-refractivity contribution in [2.24, 2.45) is 0 Å². The van der Waals surface area contributed by atoms with Crippen molar-refractivity contribution in [3.05, 3.63) is 93.2 Å². The van der Waals surface area contributed by atoms with E-state index in [0.717, 1.165) is 68.7 Å². The van der Waals surface area contributed by atoms with Gasteiger partial charge in [0, 0.05) is 47.2 Å². The molecule has 10 aromatic heterocycles. The number of fused-ring (bicyclic) bond motifs is 3. The fraction of sp³-hybridized carbons (Fsp3) is 0.562. The van der Waals surface area contributed by atoms with Crippen LogP contribution in [0, 0.1) is 20.8 Å². The average molecular weight is 1460 g/mol. The predicted molar refractivity (Wildman–Crippen MR) is 382 cm³/mol. The molecule has 0 spiro atoms.